The average Bonchev–Trinajstić information content (AvgIpc) is 3.11. The second-order valence-electron chi connectivity index (χ2n) is 6.17. The van der Waals surface area contributed by atoms with Gasteiger partial charge in [0.05, 0.1) is 0 Å². The molecule has 2 N–H and O–H groups in total. The average molecular weight is 236 g/mol. The molecule has 1 heterocycles. The summed E-state index contributed by atoms with van der Waals surface area (Å²) in [5, 5.41) is 6.72. The Labute approximate surface area is 104 Å². The first kappa shape index (κ1) is 11.5. The Kier molecular flexibility index (Phi) is 3.37. The van der Waals surface area contributed by atoms with Gasteiger partial charge in [-0.1, -0.05) is 12.8 Å². The molecule has 3 fully saturated rings. The molecule has 0 bridgehead atoms. The predicted octanol–water partition coefficient (Wildman–Crippen LogP) is 1.82. The number of amides is 1. The maximum atomic E-state index is 11.1. The predicted molar refractivity (Wildman–Crippen MR) is 67.6 cm³/mol. The highest BCUT2D eigenvalue weighted by atomic mass is 16.1. The van der Waals surface area contributed by atoms with Gasteiger partial charge in [0, 0.05) is 25.0 Å². The van der Waals surface area contributed by atoms with Crippen LogP contribution in [-0.2, 0) is 4.79 Å². The molecule has 3 unspecified atom stereocenters. The highest BCUT2D eigenvalue weighted by Crippen LogP contribution is 2.43. The van der Waals surface area contributed by atoms with E-state index < -0.39 is 0 Å². The van der Waals surface area contributed by atoms with Crippen molar-refractivity contribution >= 4 is 5.91 Å². The molecule has 3 rings (SSSR count). The van der Waals surface area contributed by atoms with Gasteiger partial charge in [0.15, 0.2) is 0 Å². The Balaban J connectivity index is 1.40. The number of nitrogens with one attached hydrogen (secondary N) is 2. The minimum absolute atomic E-state index is 0.233. The molecule has 0 spiro atoms. The zero-order valence-corrected chi connectivity index (χ0v) is 10.6. The molecule has 17 heavy (non-hydrogen) atoms. The van der Waals surface area contributed by atoms with Crippen molar-refractivity contribution in [1.82, 2.24) is 10.6 Å². The van der Waals surface area contributed by atoms with Crippen LogP contribution in [-0.4, -0.2) is 24.5 Å². The topological polar surface area (TPSA) is 41.1 Å². The minimum Gasteiger partial charge on any atom is -0.352 e. The van der Waals surface area contributed by atoms with Crippen molar-refractivity contribution in [3.8, 4) is 0 Å². The Morgan fingerprint density at radius 1 is 1.12 bits per heavy atom. The number of carbonyl (C=O) groups is 1. The summed E-state index contributed by atoms with van der Waals surface area (Å²) in [4.78, 5) is 11.1. The van der Waals surface area contributed by atoms with Crippen molar-refractivity contribution in [3.05, 3.63) is 0 Å². The third kappa shape index (κ3) is 3.01. The van der Waals surface area contributed by atoms with Gasteiger partial charge < -0.3 is 10.6 Å². The minimum atomic E-state index is 0.233. The van der Waals surface area contributed by atoms with E-state index in [1.165, 1.54) is 38.5 Å². The molecule has 96 valence electrons. The fourth-order valence-corrected chi connectivity index (χ4v) is 3.55. The van der Waals surface area contributed by atoms with E-state index in [9.17, 15) is 4.79 Å². The second-order valence-corrected chi connectivity index (χ2v) is 6.17. The second kappa shape index (κ2) is 4.97. The molecule has 0 aromatic heterocycles. The maximum absolute atomic E-state index is 11.1. The van der Waals surface area contributed by atoms with Crippen LogP contribution in [0.2, 0.25) is 0 Å². The van der Waals surface area contributed by atoms with Crippen molar-refractivity contribution in [2.24, 2.45) is 11.8 Å². The van der Waals surface area contributed by atoms with Crippen LogP contribution in [0.15, 0.2) is 0 Å². The van der Waals surface area contributed by atoms with Crippen LogP contribution < -0.4 is 10.6 Å². The van der Waals surface area contributed by atoms with E-state index in [0.717, 1.165) is 31.2 Å². The highest BCUT2D eigenvalue weighted by Gasteiger charge is 2.34. The molecule has 2 aliphatic carbocycles. The van der Waals surface area contributed by atoms with Gasteiger partial charge in [0.25, 0.3) is 0 Å². The van der Waals surface area contributed by atoms with Crippen LogP contribution >= 0.6 is 0 Å². The van der Waals surface area contributed by atoms with E-state index in [4.69, 9.17) is 0 Å². The molecule has 0 aromatic carbocycles. The summed E-state index contributed by atoms with van der Waals surface area (Å²) in [5.41, 5.74) is 0. The van der Waals surface area contributed by atoms with Crippen LogP contribution in [0.25, 0.3) is 0 Å². The van der Waals surface area contributed by atoms with Crippen LogP contribution in [0.1, 0.15) is 51.4 Å². The molecule has 3 nitrogen and oxygen atoms in total. The van der Waals surface area contributed by atoms with E-state index in [1.54, 1.807) is 0 Å². The molecule has 3 aliphatic rings. The largest absolute Gasteiger partial charge is 0.352 e. The van der Waals surface area contributed by atoms with E-state index in [-0.39, 0.29) is 5.91 Å². The summed E-state index contributed by atoms with van der Waals surface area (Å²) >= 11 is 0. The Morgan fingerprint density at radius 2 is 2.00 bits per heavy atom. The van der Waals surface area contributed by atoms with Crippen LogP contribution in [0.4, 0.5) is 0 Å². The molecule has 3 heteroatoms. The van der Waals surface area contributed by atoms with Crippen molar-refractivity contribution in [1.29, 1.82) is 0 Å². The number of carbonyl (C=O) groups excluding carboxylic acids is 1. The van der Waals surface area contributed by atoms with Crippen molar-refractivity contribution in [3.63, 3.8) is 0 Å². The maximum Gasteiger partial charge on any atom is 0.220 e. The zero-order valence-electron chi connectivity index (χ0n) is 10.6. The van der Waals surface area contributed by atoms with Gasteiger partial charge in [0.1, 0.15) is 0 Å². The summed E-state index contributed by atoms with van der Waals surface area (Å²) in [6.45, 7) is 0.980. The zero-order chi connectivity index (χ0) is 11.7. The quantitative estimate of drug-likeness (QED) is 0.782. The molecule has 1 amide bonds. The van der Waals surface area contributed by atoms with Crippen LogP contribution in [0.5, 0.6) is 0 Å². The number of rotatable bonds is 4. The van der Waals surface area contributed by atoms with Gasteiger partial charge in [-0.15, -0.1) is 0 Å². The van der Waals surface area contributed by atoms with Gasteiger partial charge in [-0.2, -0.15) is 0 Å². The van der Waals surface area contributed by atoms with E-state index in [1.807, 2.05) is 0 Å². The summed E-state index contributed by atoms with van der Waals surface area (Å²) in [6.07, 6.45) is 10.3. The lowest BCUT2D eigenvalue weighted by Crippen LogP contribution is -2.42. The normalized spacial score (nSPS) is 38.1. The standard InChI is InChI=1S/C14H24N2O/c17-14-7-6-13(16-14)9-15-12-3-1-2-11(8-12)10-4-5-10/h10-13,15H,1-9H2,(H,16,17). The first-order chi connectivity index (χ1) is 8.31. The van der Waals surface area contributed by atoms with E-state index in [2.05, 4.69) is 10.6 Å². The molecule has 1 saturated heterocycles. The molecule has 0 aromatic rings. The van der Waals surface area contributed by atoms with Gasteiger partial charge >= 0.3 is 0 Å². The summed E-state index contributed by atoms with van der Waals surface area (Å²) in [7, 11) is 0. The first-order valence-electron chi connectivity index (χ1n) is 7.34. The highest BCUT2D eigenvalue weighted by molar-refractivity contribution is 5.78. The molecular weight excluding hydrogens is 212 g/mol. The Hall–Kier alpha value is -0.570. The van der Waals surface area contributed by atoms with Crippen LogP contribution in [0, 0.1) is 11.8 Å². The van der Waals surface area contributed by atoms with Crippen molar-refractivity contribution in [2.45, 2.75) is 63.5 Å². The van der Waals surface area contributed by atoms with E-state index >= 15 is 0 Å². The lowest BCUT2D eigenvalue weighted by Gasteiger charge is -2.30. The van der Waals surface area contributed by atoms with Gasteiger partial charge in [-0.3, -0.25) is 4.79 Å². The summed E-state index contributed by atoms with van der Waals surface area (Å²) < 4.78 is 0. The fraction of sp³-hybridized carbons (Fsp3) is 0.929. The smallest absolute Gasteiger partial charge is 0.220 e. The Bertz CT molecular complexity index is 288. The van der Waals surface area contributed by atoms with Gasteiger partial charge in [-0.05, 0) is 43.9 Å². The third-order valence-corrected chi connectivity index (χ3v) is 4.74. The number of hydrogen-bond acceptors (Lipinski definition) is 2. The molecule has 0 radical (unpaired) electrons. The first-order valence-corrected chi connectivity index (χ1v) is 7.34. The fourth-order valence-electron chi connectivity index (χ4n) is 3.55. The lowest BCUT2D eigenvalue weighted by molar-refractivity contribution is -0.119. The summed E-state index contributed by atoms with van der Waals surface area (Å²) in [5.74, 6) is 2.29. The molecule has 3 atom stereocenters. The van der Waals surface area contributed by atoms with E-state index in [0.29, 0.717) is 12.1 Å². The van der Waals surface area contributed by atoms with Crippen LogP contribution in [0.3, 0.4) is 0 Å². The lowest BCUT2D eigenvalue weighted by atomic mass is 9.82. The third-order valence-electron chi connectivity index (χ3n) is 4.74. The van der Waals surface area contributed by atoms with Crippen molar-refractivity contribution < 1.29 is 4.79 Å². The molecular formula is C14H24N2O. The molecule has 1 aliphatic heterocycles. The SMILES string of the molecule is O=C1CCC(CNC2CCCC(C3CC3)C2)N1. The summed E-state index contributed by atoms with van der Waals surface area (Å²) in [6, 6.07) is 1.11. The monoisotopic (exact) mass is 236 g/mol. The Morgan fingerprint density at radius 3 is 2.71 bits per heavy atom. The molecule has 2 saturated carbocycles. The number of hydrogen-bond donors (Lipinski definition) is 2. The van der Waals surface area contributed by atoms with Gasteiger partial charge in [-0.25, -0.2) is 0 Å². The van der Waals surface area contributed by atoms with Crippen molar-refractivity contribution in [2.75, 3.05) is 6.54 Å². The van der Waals surface area contributed by atoms with Gasteiger partial charge in [0.2, 0.25) is 5.91 Å².